The van der Waals surface area contributed by atoms with Gasteiger partial charge in [-0.3, -0.25) is 0 Å². The van der Waals surface area contributed by atoms with E-state index in [0.29, 0.717) is 5.16 Å². The third-order valence-electron chi connectivity index (χ3n) is 2.67. The van der Waals surface area contributed by atoms with E-state index in [9.17, 15) is 5.11 Å². The van der Waals surface area contributed by atoms with Crippen molar-refractivity contribution in [3.63, 3.8) is 0 Å². The van der Waals surface area contributed by atoms with Crippen LogP contribution in [0.1, 0.15) is 5.56 Å². The van der Waals surface area contributed by atoms with Crippen LogP contribution >= 0.6 is 27.7 Å². The van der Waals surface area contributed by atoms with Gasteiger partial charge in [-0.2, -0.15) is 4.68 Å². The zero-order valence-electron chi connectivity index (χ0n) is 10.9. The first kappa shape index (κ1) is 14.0. The Morgan fingerprint density at radius 1 is 1.24 bits per heavy atom. The standard InChI is InChI=1S/C13H10BrN5OS/c1-8-6-11(14)12(15-7-8)21-13-16-17-18-19(13)9-2-4-10(20)5-3-9/h2-7,20H,1H3. The Hall–Kier alpha value is -1.93. The summed E-state index contributed by atoms with van der Waals surface area (Å²) in [6, 6.07) is 8.65. The summed E-state index contributed by atoms with van der Waals surface area (Å²) in [4.78, 5) is 4.37. The third kappa shape index (κ3) is 3.06. The molecule has 0 amide bonds. The highest BCUT2D eigenvalue weighted by molar-refractivity contribution is 9.10. The Bertz CT molecular complexity index is 774. The first-order chi connectivity index (χ1) is 10.1. The summed E-state index contributed by atoms with van der Waals surface area (Å²) in [7, 11) is 0. The number of phenolic OH excluding ortho intramolecular Hbond substituents is 1. The SMILES string of the molecule is Cc1cnc(Sc2nnnn2-c2ccc(O)cc2)c(Br)c1. The molecule has 106 valence electrons. The van der Waals surface area contributed by atoms with E-state index in [-0.39, 0.29) is 5.75 Å². The van der Waals surface area contributed by atoms with Crippen molar-refractivity contribution in [1.29, 1.82) is 0 Å². The van der Waals surface area contributed by atoms with Crippen LogP contribution in [0.25, 0.3) is 5.69 Å². The minimum absolute atomic E-state index is 0.198. The average Bonchev–Trinajstić information content (AvgIpc) is 2.91. The monoisotopic (exact) mass is 363 g/mol. The lowest BCUT2D eigenvalue weighted by atomic mass is 10.3. The van der Waals surface area contributed by atoms with Gasteiger partial charge < -0.3 is 5.11 Å². The molecule has 2 heterocycles. The van der Waals surface area contributed by atoms with Crippen molar-refractivity contribution in [2.45, 2.75) is 17.1 Å². The van der Waals surface area contributed by atoms with E-state index in [0.717, 1.165) is 20.7 Å². The van der Waals surface area contributed by atoms with Crippen molar-refractivity contribution in [2.75, 3.05) is 0 Å². The van der Waals surface area contributed by atoms with Crippen molar-refractivity contribution in [3.8, 4) is 11.4 Å². The average molecular weight is 364 g/mol. The summed E-state index contributed by atoms with van der Waals surface area (Å²) in [5.41, 5.74) is 1.84. The van der Waals surface area contributed by atoms with Gasteiger partial charge in [-0.1, -0.05) is 0 Å². The van der Waals surface area contributed by atoms with Gasteiger partial charge in [-0.25, -0.2) is 4.98 Å². The molecule has 0 saturated heterocycles. The van der Waals surface area contributed by atoms with Crippen LogP contribution in [0, 0.1) is 6.92 Å². The van der Waals surface area contributed by atoms with Crippen LogP contribution in [0.4, 0.5) is 0 Å². The Labute approximate surface area is 133 Å². The number of pyridine rings is 1. The maximum absolute atomic E-state index is 9.34. The molecule has 8 heteroatoms. The minimum atomic E-state index is 0.198. The molecule has 0 saturated carbocycles. The van der Waals surface area contributed by atoms with Gasteiger partial charge in [0.25, 0.3) is 0 Å². The maximum Gasteiger partial charge on any atom is 0.220 e. The van der Waals surface area contributed by atoms with Gasteiger partial charge in [-0.15, -0.1) is 5.10 Å². The van der Waals surface area contributed by atoms with E-state index in [2.05, 4.69) is 36.4 Å². The molecule has 6 nitrogen and oxygen atoms in total. The second-order valence-electron chi connectivity index (χ2n) is 4.29. The number of aryl methyl sites for hydroxylation is 1. The van der Waals surface area contributed by atoms with Crippen molar-refractivity contribution in [1.82, 2.24) is 25.2 Å². The summed E-state index contributed by atoms with van der Waals surface area (Å²) in [6.07, 6.45) is 1.79. The number of hydrogen-bond acceptors (Lipinski definition) is 6. The molecule has 21 heavy (non-hydrogen) atoms. The van der Waals surface area contributed by atoms with E-state index in [1.807, 2.05) is 13.0 Å². The number of benzene rings is 1. The van der Waals surface area contributed by atoms with E-state index in [4.69, 9.17) is 0 Å². The molecule has 0 aliphatic carbocycles. The molecule has 3 rings (SSSR count). The van der Waals surface area contributed by atoms with Crippen LogP contribution in [-0.4, -0.2) is 30.3 Å². The summed E-state index contributed by atoms with van der Waals surface area (Å²) in [6.45, 7) is 1.98. The first-order valence-corrected chi connectivity index (χ1v) is 7.62. The third-order valence-corrected chi connectivity index (χ3v) is 4.49. The molecule has 0 radical (unpaired) electrons. The molecule has 0 unspecified atom stereocenters. The number of aromatic hydroxyl groups is 1. The molecule has 3 aromatic rings. The zero-order chi connectivity index (χ0) is 14.8. The quantitative estimate of drug-likeness (QED) is 0.770. The number of phenols is 1. The van der Waals surface area contributed by atoms with Gasteiger partial charge in [0.1, 0.15) is 10.8 Å². The largest absolute Gasteiger partial charge is 0.508 e. The molecule has 0 aliphatic rings. The number of nitrogens with zero attached hydrogens (tertiary/aromatic N) is 5. The Morgan fingerprint density at radius 2 is 2.00 bits per heavy atom. The number of hydrogen-bond donors (Lipinski definition) is 1. The van der Waals surface area contributed by atoms with Gasteiger partial charge in [0.2, 0.25) is 5.16 Å². The fourth-order valence-corrected chi connectivity index (χ4v) is 3.13. The smallest absolute Gasteiger partial charge is 0.220 e. The highest BCUT2D eigenvalue weighted by Crippen LogP contribution is 2.31. The van der Waals surface area contributed by atoms with Crippen molar-refractivity contribution in [3.05, 3.63) is 46.6 Å². The molecule has 0 aliphatic heterocycles. The molecule has 0 spiro atoms. The lowest BCUT2D eigenvalue weighted by Gasteiger charge is -2.05. The lowest BCUT2D eigenvalue weighted by Crippen LogP contribution is -1.99. The predicted molar refractivity (Wildman–Crippen MR) is 81.6 cm³/mol. The van der Waals surface area contributed by atoms with Gasteiger partial charge in [-0.05, 0) is 80.9 Å². The van der Waals surface area contributed by atoms with Gasteiger partial charge in [0.15, 0.2) is 0 Å². The van der Waals surface area contributed by atoms with Gasteiger partial charge in [0, 0.05) is 6.20 Å². The van der Waals surface area contributed by atoms with Crippen molar-refractivity contribution >= 4 is 27.7 Å². The summed E-state index contributed by atoms with van der Waals surface area (Å²) in [5, 5.41) is 22.4. The number of halogens is 1. The highest BCUT2D eigenvalue weighted by atomic mass is 79.9. The minimum Gasteiger partial charge on any atom is -0.508 e. The van der Waals surface area contributed by atoms with Crippen LogP contribution < -0.4 is 0 Å². The van der Waals surface area contributed by atoms with Crippen LogP contribution in [0.2, 0.25) is 0 Å². The zero-order valence-corrected chi connectivity index (χ0v) is 13.3. The van der Waals surface area contributed by atoms with E-state index < -0.39 is 0 Å². The Morgan fingerprint density at radius 3 is 2.71 bits per heavy atom. The summed E-state index contributed by atoms with van der Waals surface area (Å²) in [5.74, 6) is 0.198. The van der Waals surface area contributed by atoms with Crippen LogP contribution in [-0.2, 0) is 0 Å². The second kappa shape index (κ2) is 5.82. The normalized spacial score (nSPS) is 10.8. The van der Waals surface area contributed by atoms with Crippen LogP contribution in [0.3, 0.4) is 0 Å². The van der Waals surface area contributed by atoms with Crippen LogP contribution in [0.5, 0.6) is 5.75 Å². The van der Waals surface area contributed by atoms with E-state index >= 15 is 0 Å². The summed E-state index contributed by atoms with van der Waals surface area (Å²) >= 11 is 4.85. The lowest BCUT2D eigenvalue weighted by molar-refractivity contribution is 0.475. The molecule has 0 bridgehead atoms. The number of aromatic nitrogens is 5. The van der Waals surface area contributed by atoms with E-state index in [1.165, 1.54) is 11.8 Å². The maximum atomic E-state index is 9.34. The number of tetrazole rings is 1. The molecule has 2 aromatic heterocycles. The fourth-order valence-electron chi connectivity index (χ4n) is 1.68. The van der Waals surface area contributed by atoms with Gasteiger partial charge in [0.05, 0.1) is 10.2 Å². The van der Waals surface area contributed by atoms with Gasteiger partial charge >= 0.3 is 0 Å². The first-order valence-electron chi connectivity index (χ1n) is 6.01. The number of rotatable bonds is 3. The second-order valence-corrected chi connectivity index (χ2v) is 6.10. The predicted octanol–water partition coefficient (Wildman–Crippen LogP) is 2.99. The highest BCUT2D eigenvalue weighted by Gasteiger charge is 2.13. The van der Waals surface area contributed by atoms with Crippen molar-refractivity contribution in [2.24, 2.45) is 0 Å². The fraction of sp³-hybridized carbons (Fsp3) is 0.0769. The molecular formula is C13H10BrN5OS. The summed E-state index contributed by atoms with van der Waals surface area (Å²) < 4.78 is 2.49. The molecule has 0 atom stereocenters. The van der Waals surface area contributed by atoms with Crippen LogP contribution in [0.15, 0.2) is 51.2 Å². The Balaban J connectivity index is 1.94. The molecular weight excluding hydrogens is 354 g/mol. The molecule has 1 aromatic carbocycles. The van der Waals surface area contributed by atoms with E-state index in [1.54, 1.807) is 35.1 Å². The van der Waals surface area contributed by atoms with Crippen molar-refractivity contribution < 1.29 is 5.11 Å². The molecule has 0 fully saturated rings. The topological polar surface area (TPSA) is 76.7 Å². The Kier molecular flexibility index (Phi) is 3.89. The molecule has 1 N–H and O–H groups in total.